The molecule has 2 rings (SSSR count). The standard InChI is InChI=1S/C15H18N4O/c1-11(2)19-14-7-13(9-17-10-14)15(20)18-8-12-3-5-16-6-4-12/h3-7,9-11,19H,8H2,1-2H3,(H,18,20). The number of carbonyl (C=O) groups excluding carboxylic acids is 1. The van der Waals surface area contributed by atoms with E-state index in [-0.39, 0.29) is 5.91 Å². The Morgan fingerprint density at radius 1 is 1.20 bits per heavy atom. The fraction of sp³-hybridized carbons (Fsp3) is 0.267. The van der Waals surface area contributed by atoms with Gasteiger partial charge in [-0.25, -0.2) is 0 Å². The zero-order valence-corrected chi connectivity index (χ0v) is 11.6. The summed E-state index contributed by atoms with van der Waals surface area (Å²) in [6.07, 6.45) is 6.68. The van der Waals surface area contributed by atoms with Crippen molar-refractivity contribution in [3.8, 4) is 0 Å². The molecule has 1 amide bonds. The molecular weight excluding hydrogens is 252 g/mol. The highest BCUT2D eigenvalue weighted by atomic mass is 16.1. The minimum atomic E-state index is -0.137. The minimum Gasteiger partial charge on any atom is -0.382 e. The summed E-state index contributed by atoms with van der Waals surface area (Å²) in [6.45, 7) is 4.55. The second-order valence-corrected chi connectivity index (χ2v) is 4.80. The van der Waals surface area contributed by atoms with Gasteiger partial charge in [0.05, 0.1) is 11.3 Å². The molecule has 0 saturated heterocycles. The number of carbonyl (C=O) groups is 1. The Morgan fingerprint density at radius 3 is 2.65 bits per heavy atom. The molecule has 0 spiro atoms. The Bertz CT molecular complexity index is 569. The second kappa shape index (κ2) is 6.65. The van der Waals surface area contributed by atoms with Crippen molar-refractivity contribution in [2.45, 2.75) is 26.4 Å². The lowest BCUT2D eigenvalue weighted by atomic mass is 10.2. The van der Waals surface area contributed by atoms with E-state index in [0.29, 0.717) is 18.2 Å². The summed E-state index contributed by atoms with van der Waals surface area (Å²) >= 11 is 0. The molecule has 2 aromatic rings. The monoisotopic (exact) mass is 270 g/mol. The Morgan fingerprint density at radius 2 is 1.95 bits per heavy atom. The van der Waals surface area contributed by atoms with E-state index in [4.69, 9.17) is 0 Å². The van der Waals surface area contributed by atoms with Crippen LogP contribution in [0.1, 0.15) is 29.8 Å². The van der Waals surface area contributed by atoms with Crippen LogP contribution >= 0.6 is 0 Å². The van der Waals surface area contributed by atoms with Gasteiger partial charge in [-0.15, -0.1) is 0 Å². The Kier molecular flexibility index (Phi) is 4.65. The van der Waals surface area contributed by atoms with Gasteiger partial charge in [0.25, 0.3) is 5.91 Å². The summed E-state index contributed by atoms with van der Waals surface area (Å²) < 4.78 is 0. The fourth-order valence-corrected chi connectivity index (χ4v) is 1.76. The normalized spacial score (nSPS) is 10.3. The van der Waals surface area contributed by atoms with Crippen molar-refractivity contribution in [3.63, 3.8) is 0 Å². The molecule has 0 fully saturated rings. The maximum Gasteiger partial charge on any atom is 0.253 e. The Labute approximate surface area is 118 Å². The SMILES string of the molecule is CC(C)Nc1cncc(C(=O)NCc2ccncc2)c1. The number of pyridine rings is 2. The highest BCUT2D eigenvalue weighted by molar-refractivity contribution is 5.94. The molecule has 0 aliphatic rings. The molecule has 0 unspecified atom stereocenters. The van der Waals surface area contributed by atoms with Gasteiger partial charge >= 0.3 is 0 Å². The van der Waals surface area contributed by atoms with E-state index in [0.717, 1.165) is 11.3 Å². The number of rotatable bonds is 5. The first-order valence-electron chi connectivity index (χ1n) is 6.54. The van der Waals surface area contributed by atoms with Crippen LogP contribution < -0.4 is 10.6 Å². The molecule has 0 saturated carbocycles. The van der Waals surface area contributed by atoms with Crippen molar-refractivity contribution in [2.24, 2.45) is 0 Å². The molecule has 2 aromatic heterocycles. The Balaban J connectivity index is 1.98. The molecule has 0 aliphatic carbocycles. The number of aromatic nitrogens is 2. The maximum atomic E-state index is 12.1. The molecule has 5 heteroatoms. The van der Waals surface area contributed by atoms with E-state index >= 15 is 0 Å². The molecule has 0 atom stereocenters. The van der Waals surface area contributed by atoms with Crippen LogP contribution in [0.3, 0.4) is 0 Å². The van der Waals surface area contributed by atoms with Crippen molar-refractivity contribution in [2.75, 3.05) is 5.32 Å². The molecule has 104 valence electrons. The lowest BCUT2D eigenvalue weighted by molar-refractivity contribution is 0.0950. The molecule has 0 radical (unpaired) electrons. The third kappa shape index (κ3) is 4.05. The van der Waals surface area contributed by atoms with E-state index in [1.54, 1.807) is 30.9 Å². The third-order valence-corrected chi connectivity index (χ3v) is 2.66. The first kappa shape index (κ1) is 14.0. The van der Waals surface area contributed by atoms with Crippen molar-refractivity contribution in [3.05, 3.63) is 54.1 Å². The smallest absolute Gasteiger partial charge is 0.253 e. The topological polar surface area (TPSA) is 66.9 Å². The van der Waals surface area contributed by atoms with Crippen LogP contribution in [0.4, 0.5) is 5.69 Å². The molecule has 2 N–H and O–H groups in total. The molecule has 0 aromatic carbocycles. The van der Waals surface area contributed by atoms with Gasteiger partial charge in [0.15, 0.2) is 0 Å². The van der Waals surface area contributed by atoms with Crippen molar-refractivity contribution < 1.29 is 4.79 Å². The molecule has 0 bridgehead atoms. The molecular formula is C15H18N4O. The van der Waals surface area contributed by atoms with Crippen molar-refractivity contribution in [1.29, 1.82) is 0 Å². The summed E-state index contributed by atoms with van der Waals surface area (Å²) in [7, 11) is 0. The quantitative estimate of drug-likeness (QED) is 0.874. The van der Waals surface area contributed by atoms with Crippen molar-refractivity contribution >= 4 is 11.6 Å². The van der Waals surface area contributed by atoms with Gasteiger partial charge in [-0.1, -0.05) is 0 Å². The van der Waals surface area contributed by atoms with Gasteiger partial charge in [0.1, 0.15) is 0 Å². The van der Waals surface area contributed by atoms with Gasteiger partial charge in [-0.3, -0.25) is 14.8 Å². The van der Waals surface area contributed by atoms with Crippen LogP contribution in [0.2, 0.25) is 0 Å². The molecule has 2 heterocycles. The van der Waals surface area contributed by atoms with Crippen LogP contribution in [0.15, 0.2) is 43.0 Å². The fourth-order valence-electron chi connectivity index (χ4n) is 1.76. The predicted molar refractivity (Wildman–Crippen MR) is 78.4 cm³/mol. The zero-order chi connectivity index (χ0) is 14.4. The van der Waals surface area contributed by atoms with E-state index in [9.17, 15) is 4.79 Å². The first-order valence-corrected chi connectivity index (χ1v) is 6.54. The summed E-state index contributed by atoms with van der Waals surface area (Å²) in [5.41, 5.74) is 2.40. The minimum absolute atomic E-state index is 0.137. The first-order chi connectivity index (χ1) is 9.65. The van der Waals surface area contributed by atoms with Crippen molar-refractivity contribution in [1.82, 2.24) is 15.3 Å². The van der Waals surface area contributed by atoms with Gasteiger partial charge in [-0.05, 0) is 37.6 Å². The number of nitrogens with zero attached hydrogens (tertiary/aromatic N) is 2. The van der Waals surface area contributed by atoms with Gasteiger partial charge < -0.3 is 10.6 Å². The number of anilines is 1. The van der Waals surface area contributed by atoms with Gasteiger partial charge in [0, 0.05) is 37.4 Å². The number of hydrogen-bond acceptors (Lipinski definition) is 4. The van der Waals surface area contributed by atoms with Crippen LogP contribution in [0, 0.1) is 0 Å². The maximum absolute atomic E-state index is 12.1. The Hall–Kier alpha value is -2.43. The van der Waals surface area contributed by atoms with E-state index in [2.05, 4.69) is 20.6 Å². The third-order valence-electron chi connectivity index (χ3n) is 2.66. The van der Waals surface area contributed by atoms with E-state index in [1.165, 1.54) is 0 Å². The summed E-state index contributed by atoms with van der Waals surface area (Å²) in [5, 5.41) is 6.08. The van der Waals surface area contributed by atoms with E-state index in [1.807, 2.05) is 26.0 Å². The number of amides is 1. The number of hydrogen-bond donors (Lipinski definition) is 2. The average Bonchev–Trinajstić information content (AvgIpc) is 2.45. The van der Waals surface area contributed by atoms with Gasteiger partial charge in [-0.2, -0.15) is 0 Å². The largest absolute Gasteiger partial charge is 0.382 e. The lowest BCUT2D eigenvalue weighted by Crippen LogP contribution is -2.23. The number of nitrogens with one attached hydrogen (secondary N) is 2. The average molecular weight is 270 g/mol. The highest BCUT2D eigenvalue weighted by Crippen LogP contribution is 2.10. The summed E-state index contributed by atoms with van der Waals surface area (Å²) in [6, 6.07) is 5.84. The van der Waals surface area contributed by atoms with Gasteiger partial charge in [0.2, 0.25) is 0 Å². The van der Waals surface area contributed by atoms with Crippen LogP contribution in [0.5, 0.6) is 0 Å². The van der Waals surface area contributed by atoms with Crippen LogP contribution in [-0.2, 0) is 6.54 Å². The summed E-state index contributed by atoms with van der Waals surface area (Å²) in [5.74, 6) is -0.137. The molecule has 20 heavy (non-hydrogen) atoms. The zero-order valence-electron chi connectivity index (χ0n) is 11.6. The second-order valence-electron chi connectivity index (χ2n) is 4.80. The van der Waals surface area contributed by atoms with E-state index < -0.39 is 0 Å². The molecule has 0 aliphatic heterocycles. The molecule has 5 nitrogen and oxygen atoms in total. The lowest BCUT2D eigenvalue weighted by Gasteiger charge is -2.10. The predicted octanol–water partition coefficient (Wildman–Crippen LogP) is 2.23. The highest BCUT2D eigenvalue weighted by Gasteiger charge is 2.07. The van der Waals surface area contributed by atoms with Crippen LogP contribution in [-0.4, -0.2) is 21.9 Å². The van der Waals surface area contributed by atoms with Crippen LogP contribution in [0.25, 0.3) is 0 Å². The summed E-state index contributed by atoms with van der Waals surface area (Å²) in [4.78, 5) is 20.1.